The molecule has 0 bridgehead atoms. The topological polar surface area (TPSA) is 64.0 Å². The first-order valence-electron chi connectivity index (χ1n) is 19.9. The monoisotopic (exact) mass is 715 g/mol. The number of hydrogen-bond donors (Lipinski definition) is 0. The van der Waals surface area contributed by atoms with Crippen LogP contribution in [0, 0.1) is 0 Å². The second-order valence-electron chi connectivity index (χ2n) is 14.3. The predicted molar refractivity (Wildman–Crippen MR) is 215 cm³/mol. The molecule has 1 fully saturated rings. The summed E-state index contributed by atoms with van der Waals surface area (Å²) in [6.45, 7) is 9.99. The molecule has 1 aliphatic heterocycles. The molecule has 1 aliphatic rings. The van der Waals surface area contributed by atoms with E-state index in [1.54, 1.807) is 17.6 Å². The highest BCUT2D eigenvalue weighted by Crippen LogP contribution is 2.31. The Morgan fingerprint density at radius 2 is 1.47 bits per heavy atom. The first-order valence-corrected chi connectivity index (χ1v) is 20.8. The van der Waals surface area contributed by atoms with Gasteiger partial charge in [-0.15, -0.1) is 11.3 Å². The maximum Gasteiger partial charge on any atom is 0.307 e. The quantitative estimate of drug-likeness (QED) is 0.0563. The number of carbonyl (C=O) groups is 1. The molecule has 3 heterocycles. The third kappa shape index (κ3) is 12.1. The third-order valence-corrected chi connectivity index (χ3v) is 11.3. The summed E-state index contributed by atoms with van der Waals surface area (Å²) in [7, 11) is 0. The Morgan fingerprint density at radius 1 is 0.784 bits per heavy atom. The molecule has 7 nitrogen and oxygen atoms in total. The van der Waals surface area contributed by atoms with Gasteiger partial charge in [0.25, 0.3) is 5.56 Å². The third-order valence-electron chi connectivity index (χ3n) is 10.4. The van der Waals surface area contributed by atoms with Crippen molar-refractivity contribution in [2.45, 2.75) is 123 Å². The fourth-order valence-corrected chi connectivity index (χ4v) is 8.19. The highest BCUT2D eigenvalue weighted by Gasteiger charge is 2.19. The molecule has 8 heteroatoms. The minimum atomic E-state index is -0.690. The summed E-state index contributed by atoms with van der Waals surface area (Å²) in [6, 6.07) is 18.1. The predicted octanol–water partition coefficient (Wildman–Crippen LogP) is 10.7. The van der Waals surface area contributed by atoms with Crippen LogP contribution >= 0.6 is 11.3 Å². The number of piperazine rings is 1. The number of nitrogens with zero attached hydrogens (tertiary/aromatic N) is 3. The van der Waals surface area contributed by atoms with E-state index in [4.69, 9.17) is 9.47 Å². The zero-order valence-corrected chi connectivity index (χ0v) is 32.1. The van der Waals surface area contributed by atoms with Gasteiger partial charge in [-0.3, -0.25) is 19.1 Å². The lowest BCUT2D eigenvalue weighted by molar-refractivity contribution is -0.152. The molecule has 5 rings (SSSR count). The molecule has 0 amide bonds. The summed E-state index contributed by atoms with van der Waals surface area (Å²) in [5.74, 6) is 0.478. The molecule has 2 aromatic heterocycles. The van der Waals surface area contributed by atoms with E-state index >= 15 is 0 Å². The number of esters is 1. The molecule has 1 saturated heterocycles. The van der Waals surface area contributed by atoms with E-state index in [9.17, 15) is 9.59 Å². The minimum absolute atomic E-state index is 0.187. The van der Waals surface area contributed by atoms with E-state index in [0.717, 1.165) is 81.5 Å². The molecule has 4 aromatic rings. The number of anilines is 1. The minimum Gasteiger partial charge on any atom is -0.494 e. The zero-order chi connectivity index (χ0) is 35.7. The van der Waals surface area contributed by atoms with Crippen LogP contribution in [-0.2, 0) is 9.53 Å². The van der Waals surface area contributed by atoms with Gasteiger partial charge in [-0.25, -0.2) is 0 Å². The fraction of sp³-hybridized carbons (Fsp3) is 0.581. The second-order valence-corrected chi connectivity index (χ2v) is 15.3. The van der Waals surface area contributed by atoms with Crippen LogP contribution in [-0.4, -0.2) is 54.8 Å². The molecule has 2 aromatic carbocycles. The van der Waals surface area contributed by atoms with Crippen molar-refractivity contribution in [2.75, 3.05) is 44.2 Å². The number of fused-ring (bicyclic) bond motifs is 2. The number of ether oxygens (including phenoxy) is 2. The Balaban J connectivity index is 0.976. The first-order chi connectivity index (χ1) is 25.0. The number of carbonyl (C=O) groups excluding carboxylic acids is 1. The van der Waals surface area contributed by atoms with Crippen LogP contribution in [0.3, 0.4) is 0 Å². The Kier molecular flexibility index (Phi) is 16.2. The van der Waals surface area contributed by atoms with Gasteiger partial charge in [0.1, 0.15) is 5.75 Å². The summed E-state index contributed by atoms with van der Waals surface area (Å²) in [4.78, 5) is 30.8. The van der Waals surface area contributed by atoms with Crippen LogP contribution in [0.15, 0.2) is 64.8 Å². The number of hydrogen-bond acceptors (Lipinski definition) is 7. The van der Waals surface area contributed by atoms with Crippen LogP contribution in [0.2, 0.25) is 0 Å². The SMILES string of the molecule is CCCCCCCCCCCCCCCC(=O)OC(C)n1c(=O)ccc2ccc(OCCCCN3CCN(c4cccc5sccc45)CC3)cc21. The maximum absolute atomic E-state index is 13.0. The number of aromatic nitrogens is 1. The van der Waals surface area contributed by atoms with Crippen molar-refractivity contribution in [1.82, 2.24) is 9.47 Å². The molecular weight excluding hydrogens is 655 g/mol. The van der Waals surface area contributed by atoms with E-state index in [0.29, 0.717) is 13.0 Å². The molecule has 0 radical (unpaired) electrons. The summed E-state index contributed by atoms with van der Waals surface area (Å²) in [5, 5.41) is 4.47. The van der Waals surface area contributed by atoms with Crippen molar-refractivity contribution in [3.05, 3.63) is 70.3 Å². The van der Waals surface area contributed by atoms with E-state index < -0.39 is 6.23 Å². The van der Waals surface area contributed by atoms with Gasteiger partial charge in [-0.2, -0.15) is 0 Å². The lowest BCUT2D eigenvalue weighted by atomic mass is 10.0. The summed E-state index contributed by atoms with van der Waals surface area (Å²) >= 11 is 1.81. The van der Waals surface area contributed by atoms with Gasteiger partial charge in [0.05, 0.1) is 12.1 Å². The van der Waals surface area contributed by atoms with Crippen LogP contribution < -0.4 is 15.2 Å². The van der Waals surface area contributed by atoms with Crippen molar-refractivity contribution in [3.63, 3.8) is 0 Å². The molecule has 0 spiro atoms. The van der Waals surface area contributed by atoms with Crippen LogP contribution in [0.4, 0.5) is 5.69 Å². The Labute approximate surface area is 309 Å². The van der Waals surface area contributed by atoms with Crippen LogP contribution in [0.5, 0.6) is 5.75 Å². The molecule has 1 atom stereocenters. The first kappa shape index (κ1) is 38.9. The zero-order valence-electron chi connectivity index (χ0n) is 31.3. The number of pyridine rings is 1. The second kappa shape index (κ2) is 21.2. The number of rotatable bonds is 23. The molecule has 0 aliphatic carbocycles. The van der Waals surface area contributed by atoms with Crippen LogP contribution in [0.1, 0.15) is 123 Å². The Hall–Kier alpha value is -3.36. The van der Waals surface area contributed by atoms with Gasteiger partial charge in [0.15, 0.2) is 6.23 Å². The number of thiophene rings is 1. The highest BCUT2D eigenvalue weighted by molar-refractivity contribution is 7.17. The average molecular weight is 716 g/mol. The van der Waals surface area contributed by atoms with Gasteiger partial charge in [-0.05, 0) is 79.9 Å². The average Bonchev–Trinajstić information content (AvgIpc) is 3.63. The van der Waals surface area contributed by atoms with E-state index in [1.807, 2.05) is 35.6 Å². The Bertz CT molecular complexity index is 1670. The van der Waals surface area contributed by atoms with Crippen molar-refractivity contribution >= 4 is 44.0 Å². The van der Waals surface area contributed by atoms with Gasteiger partial charge < -0.3 is 14.4 Å². The van der Waals surface area contributed by atoms with E-state index in [1.165, 1.54) is 80.0 Å². The molecule has 1 unspecified atom stereocenters. The van der Waals surface area contributed by atoms with Crippen molar-refractivity contribution in [3.8, 4) is 5.75 Å². The Morgan fingerprint density at radius 3 is 2.20 bits per heavy atom. The van der Waals surface area contributed by atoms with Gasteiger partial charge in [0.2, 0.25) is 0 Å². The number of unbranched alkanes of at least 4 members (excludes halogenated alkanes) is 13. The lowest BCUT2D eigenvalue weighted by Crippen LogP contribution is -2.46. The summed E-state index contributed by atoms with van der Waals surface area (Å²) < 4.78 is 14.8. The van der Waals surface area contributed by atoms with Gasteiger partial charge >= 0.3 is 5.97 Å². The van der Waals surface area contributed by atoms with Gasteiger partial charge in [-0.1, -0.05) is 90.0 Å². The van der Waals surface area contributed by atoms with Crippen molar-refractivity contribution in [2.24, 2.45) is 0 Å². The fourth-order valence-electron chi connectivity index (χ4n) is 7.38. The van der Waals surface area contributed by atoms with Crippen molar-refractivity contribution in [1.29, 1.82) is 0 Å². The van der Waals surface area contributed by atoms with E-state index in [2.05, 4.69) is 46.4 Å². The lowest BCUT2D eigenvalue weighted by Gasteiger charge is -2.36. The summed E-state index contributed by atoms with van der Waals surface area (Å²) in [6.07, 6.45) is 18.2. The normalized spacial score (nSPS) is 14.4. The maximum atomic E-state index is 13.0. The highest BCUT2D eigenvalue weighted by atomic mass is 32.1. The number of benzene rings is 2. The molecule has 278 valence electrons. The van der Waals surface area contributed by atoms with Crippen molar-refractivity contribution < 1.29 is 14.3 Å². The van der Waals surface area contributed by atoms with Gasteiger partial charge in [0, 0.05) is 60.5 Å². The molecule has 51 heavy (non-hydrogen) atoms. The molecule has 0 N–H and O–H groups in total. The standard InChI is InChI=1S/C43H61N3O4S/c1-3-4-5-6-7-8-9-10-11-12-13-14-15-21-43(48)50-35(2)46-40-34-37(24-22-36(40)23-25-42(46)47)49-32-17-16-27-44-28-30-45(31-29-44)39-19-18-20-41-38(39)26-33-51-41/h18-20,22-26,33-35H,3-17,21,27-32H2,1-2H3. The smallest absolute Gasteiger partial charge is 0.307 e. The summed E-state index contributed by atoms with van der Waals surface area (Å²) in [5.41, 5.74) is 1.89. The molecule has 0 saturated carbocycles. The molecular formula is C43H61N3O4S. The van der Waals surface area contributed by atoms with Crippen LogP contribution in [0.25, 0.3) is 21.0 Å². The largest absolute Gasteiger partial charge is 0.494 e. The van der Waals surface area contributed by atoms with E-state index in [-0.39, 0.29) is 11.5 Å².